The van der Waals surface area contributed by atoms with Crippen molar-refractivity contribution in [2.24, 2.45) is 17.3 Å². The van der Waals surface area contributed by atoms with E-state index in [4.69, 9.17) is 19.2 Å². The summed E-state index contributed by atoms with van der Waals surface area (Å²) in [7, 11) is 2.80. The first-order chi connectivity index (χ1) is 39.2. The maximum absolute atomic E-state index is 15.3. The second-order valence-electron chi connectivity index (χ2n) is 24.2. The van der Waals surface area contributed by atoms with Crippen LogP contribution >= 0.6 is 0 Å². The summed E-state index contributed by atoms with van der Waals surface area (Å²) >= 11 is 0. The zero-order chi connectivity index (χ0) is 58.3. The number of nitrogens with zero attached hydrogens (tertiary/aromatic N) is 6. The van der Waals surface area contributed by atoms with Gasteiger partial charge < -0.3 is 33.9 Å². The van der Waals surface area contributed by atoms with Crippen LogP contribution in [0.4, 0.5) is 4.79 Å². The largest absolute Gasteiger partial charge is 0.513 e. The van der Waals surface area contributed by atoms with E-state index >= 15 is 9.59 Å². The summed E-state index contributed by atoms with van der Waals surface area (Å²) in [5.74, 6) is -2.06. The molecule has 10 rings (SSSR count). The highest BCUT2D eigenvalue weighted by molar-refractivity contribution is 7.83. The molecule has 0 spiro atoms. The van der Waals surface area contributed by atoms with Gasteiger partial charge in [0, 0.05) is 61.7 Å². The number of amides is 4. The van der Waals surface area contributed by atoms with Crippen LogP contribution in [0.1, 0.15) is 114 Å². The zero-order valence-electron chi connectivity index (χ0n) is 48.7. The Labute approximate surface area is 483 Å². The number of esters is 1. The molecule has 2 saturated carbocycles. The first kappa shape index (κ1) is 58.2. The number of aromatic nitrogens is 2. The Morgan fingerprint density at radius 2 is 1.68 bits per heavy atom. The van der Waals surface area contributed by atoms with Crippen LogP contribution < -0.4 is 15.5 Å². The Kier molecular flexibility index (Phi) is 17.1. The molecule has 5 aliphatic rings. The van der Waals surface area contributed by atoms with Crippen molar-refractivity contribution in [3.8, 4) is 28.1 Å². The van der Waals surface area contributed by atoms with Crippen molar-refractivity contribution in [1.29, 1.82) is 0 Å². The maximum Gasteiger partial charge on any atom is 0.513 e. The maximum atomic E-state index is 15.3. The van der Waals surface area contributed by atoms with Gasteiger partial charge in [0.25, 0.3) is 5.91 Å². The average molecular weight is 1140 g/mol. The highest BCUT2D eigenvalue weighted by Gasteiger charge is 2.62. The van der Waals surface area contributed by atoms with Crippen molar-refractivity contribution < 1.29 is 47.2 Å². The van der Waals surface area contributed by atoms with Gasteiger partial charge in [-0.1, -0.05) is 70.4 Å². The normalized spacial score (nSPS) is 22.7. The number of nitrogens with one attached hydrogen (secondary N) is 2. The second kappa shape index (κ2) is 24.1. The number of pyridine rings is 1. The fraction of sp³-hybridized carbons (Fsp3) is 0.508. The van der Waals surface area contributed by atoms with E-state index in [9.17, 15) is 23.4 Å². The van der Waals surface area contributed by atoms with Crippen molar-refractivity contribution in [2.45, 2.75) is 153 Å². The molecule has 19 heteroatoms. The fourth-order valence-corrected chi connectivity index (χ4v) is 14.1. The molecule has 6 bridgehead atoms. The first-order valence-electron chi connectivity index (χ1n) is 29.1. The van der Waals surface area contributed by atoms with Crippen LogP contribution in [0.5, 0.6) is 5.75 Å². The average Bonchev–Trinajstić information content (AvgIpc) is 2.23. The number of cyclic esters (lactones) is 1. The zero-order valence-corrected chi connectivity index (χ0v) is 49.5. The number of carbonyl (C=O) groups is 6. The molecular weight excluding hydrogens is 1060 g/mol. The first-order valence-corrected chi connectivity index (χ1v) is 30.2. The molecule has 2 N–H and O–H groups in total. The Bertz CT molecular complexity index is 3290. The summed E-state index contributed by atoms with van der Waals surface area (Å²) in [5, 5.41) is 5.46. The molecule has 4 fully saturated rings. The van der Waals surface area contributed by atoms with Crippen LogP contribution in [-0.4, -0.2) is 140 Å². The molecule has 3 aliphatic heterocycles. The lowest BCUT2D eigenvalue weighted by atomic mass is 9.83. The monoisotopic (exact) mass is 1140 g/mol. The molecule has 2 aromatic heterocycles. The minimum atomic E-state index is -1.56. The van der Waals surface area contributed by atoms with E-state index in [1.807, 2.05) is 55.6 Å². The number of ether oxygens (including phenoxy) is 3. The van der Waals surface area contributed by atoms with Crippen molar-refractivity contribution in [3.63, 3.8) is 0 Å². The van der Waals surface area contributed by atoms with Crippen molar-refractivity contribution >= 4 is 57.6 Å². The number of methoxy groups -OCH3 is 1. The molecule has 1 unspecified atom stereocenters. The molecule has 2 aliphatic carbocycles. The minimum Gasteiger partial charge on any atom is -0.464 e. The molecule has 5 heterocycles. The van der Waals surface area contributed by atoms with Crippen molar-refractivity contribution in [3.05, 3.63) is 101 Å². The molecule has 2 saturated heterocycles. The lowest BCUT2D eigenvalue weighted by molar-refractivity contribution is -0.155. The van der Waals surface area contributed by atoms with Crippen LogP contribution in [0, 0.1) is 24.2 Å². The third-order valence-corrected chi connectivity index (χ3v) is 18.6. The Hall–Kier alpha value is -6.96. The Morgan fingerprint density at radius 1 is 0.939 bits per heavy atom. The number of hydrogen-bond donors (Lipinski definition) is 2. The summed E-state index contributed by atoms with van der Waals surface area (Å²) in [4.78, 5) is 94.6. The summed E-state index contributed by atoms with van der Waals surface area (Å²) in [6.45, 7) is 13.2. The van der Waals surface area contributed by atoms with Crippen molar-refractivity contribution in [2.75, 3.05) is 40.9 Å². The van der Waals surface area contributed by atoms with E-state index in [1.165, 1.54) is 21.9 Å². The minimum absolute atomic E-state index is 0.0859. The molecular formula is C63H78N8O10S. The van der Waals surface area contributed by atoms with Gasteiger partial charge in [-0.05, 0) is 147 Å². The predicted molar refractivity (Wildman–Crippen MR) is 311 cm³/mol. The summed E-state index contributed by atoms with van der Waals surface area (Å²) < 4.78 is 34.8. The summed E-state index contributed by atoms with van der Waals surface area (Å²) in [6.07, 6.45) is 7.10. The van der Waals surface area contributed by atoms with Crippen molar-refractivity contribution in [1.82, 2.24) is 39.4 Å². The van der Waals surface area contributed by atoms with E-state index in [0.717, 1.165) is 70.2 Å². The number of likely N-dealkylation sites (N-methyl/N-ethyl adjacent to an activating group) is 2. The lowest BCUT2D eigenvalue weighted by Crippen LogP contribution is -2.62. The van der Waals surface area contributed by atoms with Crippen LogP contribution in [0.3, 0.4) is 0 Å². The Balaban J connectivity index is 0.995. The molecule has 18 nitrogen and oxygen atoms in total. The number of aryl methyl sites for hydroxylation is 2. The van der Waals surface area contributed by atoms with E-state index in [1.54, 1.807) is 30.5 Å². The van der Waals surface area contributed by atoms with Gasteiger partial charge in [-0.2, -0.15) is 0 Å². The number of rotatable bonds is 14. The topological polar surface area (TPSA) is 202 Å². The second-order valence-corrected chi connectivity index (χ2v) is 25.6. The van der Waals surface area contributed by atoms with Gasteiger partial charge in [-0.3, -0.25) is 34.0 Å². The highest BCUT2D eigenvalue weighted by Crippen LogP contribution is 2.49. The number of benzene rings is 3. The van der Waals surface area contributed by atoms with Crippen LogP contribution in [0.25, 0.3) is 33.3 Å². The third kappa shape index (κ3) is 12.2. The quantitative estimate of drug-likeness (QED) is 0.0613. The Morgan fingerprint density at radius 3 is 2.38 bits per heavy atom. The number of hydrazine groups is 1. The fourth-order valence-electron chi connectivity index (χ4n) is 12.7. The van der Waals surface area contributed by atoms with Crippen LogP contribution in [-0.2, 0) is 63.8 Å². The standard InChI is InChI=1S/C63H78N8O10S/c1-10-69-51-26-23-42-33-47(51)48(56(69)46-17-13-27-64-53(46)37(2)3)34-63(5,6)36-80-61(76)49-18-14-28-70(66-49)59(74)50(31-39-29-43(42)32-44(30-39)81-62(77)79-9)65-58(73)55(40-15-11-12-16-40)68(8)52(72)35-67(7)60(75)57-54(41-21-22-41)71(57)82(78)45-24-19-38(4)20-25-45/h13,17,19-20,23-27,29-30,32-33,37,40-41,49-50,54-55,57,66H,10-12,14-16,18,21-22,28,31,34-36H2,1-9H3,(H,65,73)/t49-,50-,54+,55-,57+,71?,82+/m0/s1. The summed E-state index contributed by atoms with van der Waals surface area (Å²) in [6, 6.07) is 19.1. The van der Waals surface area contributed by atoms with Gasteiger partial charge in [0.15, 0.2) is 0 Å². The van der Waals surface area contributed by atoms with E-state index in [0.29, 0.717) is 54.7 Å². The highest BCUT2D eigenvalue weighted by atomic mass is 32.2. The van der Waals surface area contributed by atoms with E-state index < -0.39 is 70.4 Å². The predicted octanol–water partition coefficient (Wildman–Crippen LogP) is 8.28. The molecule has 3 aromatic carbocycles. The third-order valence-electron chi connectivity index (χ3n) is 17.1. The van der Waals surface area contributed by atoms with Crippen LogP contribution in [0.15, 0.2) is 83.9 Å². The van der Waals surface area contributed by atoms with Gasteiger partial charge in [0.05, 0.1) is 42.6 Å². The number of carbonyl (C=O) groups excluding carboxylic acids is 6. The van der Waals surface area contributed by atoms with Gasteiger partial charge in [0.1, 0.15) is 40.9 Å². The van der Waals surface area contributed by atoms with Gasteiger partial charge in [0.2, 0.25) is 17.7 Å². The molecule has 7 atom stereocenters. The lowest BCUT2D eigenvalue weighted by Gasteiger charge is -2.37. The molecule has 0 radical (unpaired) electrons. The van der Waals surface area contributed by atoms with Gasteiger partial charge in [-0.15, -0.1) is 0 Å². The number of hydrogen-bond acceptors (Lipinski definition) is 12. The molecule has 5 aromatic rings. The van der Waals surface area contributed by atoms with Gasteiger partial charge >= 0.3 is 12.1 Å². The smallest absolute Gasteiger partial charge is 0.464 e. The number of fused-ring (bicyclic) bond motifs is 6. The SMILES string of the molecule is CCn1c(-c2cccnc2C(C)C)c2c3cc(ccc31)-c1cc(cc(OC(=O)OC)c1)C[C@H](NC(=O)[C@H](C1CCCC1)N(C)C(=O)CN(C)C(=O)[C@H]1[C@@H](C3CC3)N1[S@](=O)c1ccc(C)cc1)C(=O)N1CCC[C@H](N1)C(=O)OCC(C)(C)C2. The van der Waals surface area contributed by atoms with Gasteiger partial charge in [-0.25, -0.2) is 18.7 Å². The van der Waals surface area contributed by atoms with E-state index in [-0.39, 0.29) is 61.6 Å². The summed E-state index contributed by atoms with van der Waals surface area (Å²) in [5.41, 5.74) is 10.7. The molecule has 436 valence electrons. The molecule has 4 amide bonds. The van der Waals surface area contributed by atoms with E-state index in [2.05, 4.69) is 68.1 Å². The van der Waals surface area contributed by atoms with Crippen LogP contribution in [0.2, 0.25) is 0 Å². The molecule has 82 heavy (non-hydrogen) atoms.